The molecule has 1 aliphatic carbocycles. The van der Waals surface area contributed by atoms with Gasteiger partial charge in [0.05, 0.1) is 15.9 Å². The Balaban J connectivity index is 1.97. The molecule has 0 amide bonds. The SMILES string of the molecule is CCc1nn(CC)c(CNCC2(C)CCCC2)c1Br. The standard InChI is InChI=1S/C15H26BrN3/c1-4-12-14(16)13(19(5-2)18-12)10-17-11-15(3)8-6-7-9-15/h17H,4-11H2,1-3H3. The number of aromatic nitrogens is 2. The molecule has 1 aliphatic rings. The number of hydrogen-bond acceptors (Lipinski definition) is 2. The van der Waals surface area contributed by atoms with Crippen molar-refractivity contribution in [1.82, 2.24) is 15.1 Å². The van der Waals surface area contributed by atoms with Crippen molar-refractivity contribution in [3.63, 3.8) is 0 Å². The predicted octanol–water partition coefficient (Wildman–Crippen LogP) is 3.90. The maximum absolute atomic E-state index is 4.64. The summed E-state index contributed by atoms with van der Waals surface area (Å²) in [5, 5.41) is 8.29. The highest BCUT2D eigenvalue weighted by atomic mass is 79.9. The number of nitrogens with one attached hydrogen (secondary N) is 1. The van der Waals surface area contributed by atoms with Crippen molar-refractivity contribution in [2.24, 2.45) is 5.41 Å². The highest BCUT2D eigenvalue weighted by Gasteiger charge is 2.28. The molecule has 0 atom stereocenters. The molecule has 0 saturated heterocycles. The lowest BCUT2D eigenvalue weighted by Gasteiger charge is -2.24. The predicted molar refractivity (Wildman–Crippen MR) is 83.3 cm³/mol. The van der Waals surface area contributed by atoms with E-state index in [4.69, 9.17) is 0 Å². The molecule has 1 heterocycles. The van der Waals surface area contributed by atoms with E-state index < -0.39 is 0 Å². The molecule has 3 nitrogen and oxygen atoms in total. The van der Waals surface area contributed by atoms with Crippen molar-refractivity contribution >= 4 is 15.9 Å². The van der Waals surface area contributed by atoms with E-state index in [1.54, 1.807) is 0 Å². The molecular weight excluding hydrogens is 302 g/mol. The van der Waals surface area contributed by atoms with Crippen LogP contribution >= 0.6 is 15.9 Å². The molecule has 0 spiro atoms. The van der Waals surface area contributed by atoms with Gasteiger partial charge in [-0.25, -0.2) is 0 Å². The lowest BCUT2D eigenvalue weighted by atomic mass is 9.89. The van der Waals surface area contributed by atoms with Crippen LogP contribution in [0.25, 0.3) is 0 Å². The van der Waals surface area contributed by atoms with Crippen LogP contribution in [0.1, 0.15) is 57.8 Å². The van der Waals surface area contributed by atoms with Crippen molar-refractivity contribution in [3.8, 4) is 0 Å². The molecule has 1 saturated carbocycles. The summed E-state index contributed by atoms with van der Waals surface area (Å²) in [6.45, 7) is 9.70. The Hall–Kier alpha value is -0.350. The topological polar surface area (TPSA) is 29.9 Å². The molecule has 0 unspecified atom stereocenters. The Bertz CT molecular complexity index is 419. The molecule has 1 aromatic rings. The second kappa shape index (κ2) is 6.40. The molecule has 4 heteroatoms. The first kappa shape index (κ1) is 15.0. The first-order chi connectivity index (χ1) is 9.09. The molecule has 1 aromatic heterocycles. The quantitative estimate of drug-likeness (QED) is 0.858. The maximum atomic E-state index is 4.64. The number of aryl methyl sites for hydroxylation is 2. The van der Waals surface area contributed by atoms with Crippen LogP contribution in [-0.4, -0.2) is 16.3 Å². The summed E-state index contributed by atoms with van der Waals surface area (Å²) in [5.74, 6) is 0. The second-order valence-corrected chi connectivity index (χ2v) is 6.79. The zero-order valence-electron chi connectivity index (χ0n) is 12.4. The fraction of sp³-hybridized carbons (Fsp3) is 0.800. The van der Waals surface area contributed by atoms with Crippen LogP contribution in [0, 0.1) is 5.41 Å². The van der Waals surface area contributed by atoms with E-state index in [2.05, 4.69) is 51.8 Å². The smallest absolute Gasteiger partial charge is 0.0767 e. The molecular formula is C15H26BrN3. The van der Waals surface area contributed by atoms with E-state index in [-0.39, 0.29) is 0 Å². The van der Waals surface area contributed by atoms with Gasteiger partial charge in [0.15, 0.2) is 0 Å². The monoisotopic (exact) mass is 327 g/mol. The van der Waals surface area contributed by atoms with Gasteiger partial charge >= 0.3 is 0 Å². The summed E-state index contributed by atoms with van der Waals surface area (Å²) in [7, 11) is 0. The van der Waals surface area contributed by atoms with Gasteiger partial charge in [-0.05, 0) is 47.5 Å². The Labute approximate surface area is 125 Å². The van der Waals surface area contributed by atoms with Gasteiger partial charge in [0.25, 0.3) is 0 Å². The molecule has 0 bridgehead atoms. The minimum absolute atomic E-state index is 0.511. The number of nitrogens with zero attached hydrogens (tertiary/aromatic N) is 2. The van der Waals surface area contributed by atoms with Crippen molar-refractivity contribution in [3.05, 3.63) is 15.9 Å². The summed E-state index contributed by atoms with van der Waals surface area (Å²) in [6, 6.07) is 0. The van der Waals surface area contributed by atoms with E-state index >= 15 is 0 Å². The van der Waals surface area contributed by atoms with Gasteiger partial charge in [-0.1, -0.05) is 26.7 Å². The van der Waals surface area contributed by atoms with Gasteiger partial charge < -0.3 is 5.32 Å². The maximum Gasteiger partial charge on any atom is 0.0767 e. The third-order valence-electron chi connectivity index (χ3n) is 4.35. The van der Waals surface area contributed by atoms with E-state index in [0.717, 1.165) is 26.1 Å². The summed E-state index contributed by atoms with van der Waals surface area (Å²) >= 11 is 3.71. The van der Waals surface area contributed by atoms with Crippen molar-refractivity contribution < 1.29 is 0 Å². The number of hydrogen-bond donors (Lipinski definition) is 1. The molecule has 0 aromatic carbocycles. The Morgan fingerprint density at radius 3 is 2.58 bits per heavy atom. The van der Waals surface area contributed by atoms with Crippen LogP contribution in [0.4, 0.5) is 0 Å². The van der Waals surface area contributed by atoms with Crippen LogP contribution in [0.5, 0.6) is 0 Å². The van der Waals surface area contributed by atoms with E-state index in [0.29, 0.717) is 5.41 Å². The third-order valence-corrected chi connectivity index (χ3v) is 5.26. The van der Waals surface area contributed by atoms with Gasteiger partial charge in [-0.2, -0.15) is 5.10 Å². The molecule has 108 valence electrons. The summed E-state index contributed by atoms with van der Waals surface area (Å²) in [4.78, 5) is 0. The molecule has 1 fully saturated rings. The van der Waals surface area contributed by atoms with Crippen LogP contribution in [0.3, 0.4) is 0 Å². The fourth-order valence-corrected chi connectivity index (χ4v) is 3.78. The Morgan fingerprint density at radius 2 is 2.00 bits per heavy atom. The lowest BCUT2D eigenvalue weighted by molar-refractivity contribution is 0.312. The van der Waals surface area contributed by atoms with Crippen LogP contribution < -0.4 is 5.32 Å². The number of halogens is 1. The van der Waals surface area contributed by atoms with Gasteiger partial charge in [0, 0.05) is 19.6 Å². The first-order valence-corrected chi connectivity index (χ1v) is 8.33. The summed E-state index contributed by atoms with van der Waals surface area (Å²) in [6.07, 6.45) is 6.52. The zero-order chi connectivity index (χ0) is 13.9. The van der Waals surface area contributed by atoms with Crippen LogP contribution in [-0.2, 0) is 19.5 Å². The number of rotatable bonds is 6. The van der Waals surface area contributed by atoms with Crippen molar-refractivity contribution in [2.45, 2.75) is 66.0 Å². The van der Waals surface area contributed by atoms with Gasteiger partial charge in [-0.3, -0.25) is 4.68 Å². The molecule has 0 aliphatic heterocycles. The van der Waals surface area contributed by atoms with Crippen molar-refractivity contribution in [1.29, 1.82) is 0 Å². The molecule has 19 heavy (non-hydrogen) atoms. The van der Waals surface area contributed by atoms with E-state index in [9.17, 15) is 0 Å². The van der Waals surface area contributed by atoms with Gasteiger partial charge in [0.2, 0.25) is 0 Å². The largest absolute Gasteiger partial charge is 0.311 e. The van der Waals surface area contributed by atoms with Crippen molar-refractivity contribution in [2.75, 3.05) is 6.54 Å². The molecule has 2 rings (SSSR count). The van der Waals surface area contributed by atoms with Gasteiger partial charge in [-0.15, -0.1) is 0 Å². The second-order valence-electron chi connectivity index (χ2n) is 6.00. The normalized spacial score (nSPS) is 18.1. The lowest BCUT2D eigenvalue weighted by Crippen LogP contribution is -2.30. The third kappa shape index (κ3) is 3.40. The highest BCUT2D eigenvalue weighted by molar-refractivity contribution is 9.10. The Morgan fingerprint density at radius 1 is 1.32 bits per heavy atom. The summed E-state index contributed by atoms with van der Waals surface area (Å²) < 4.78 is 3.31. The summed E-state index contributed by atoms with van der Waals surface area (Å²) in [5.41, 5.74) is 2.98. The fourth-order valence-electron chi connectivity index (χ4n) is 3.07. The molecule has 1 N–H and O–H groups in total. The zero-order valence-corrected chi connectivity index (χ0v) is 14.0. The van der Waals surface area contributed by atoms with Crippen LogP contribution in [0.2, 0.25) is 0 Å². The van der Waals surface area contributed by atoms with Crippen LogP contribution in [0.15, 0.2) is 4.47 Å². The van der Waals surface area contributed by atoms with E-state index in [1.807, 2.05) is 0 Å². The minimum Gasteiger partial charge on any atom is -0.311 e. The Kier molecular flexibility index (Phi) is 5.07. The average Bonchev–Trinajstić information content (AvgIpc) is 2.95. The average molecular weight is 328 g/mol. The van der Waals surface area contributed by atoms with Gasteiger partial charge in [0.1, 0.15) is 0 Å². The molecule has 0 radical (unpaired) electrons. The van der Waals surface area contributed by atoms with E-state index in [1.165, 1.54) is 41.5 Å². The first-order valence-electron chi connectivity index (χ1n) is 7.54. The highest BCUT2D eigenvalue weighted by Crippen LogP contribution is 2.36. The minimum atomic E-state index is 0.511.